The summed E-state index contributed by atoms with van der Waals surface area (Å²) in [5.74, 6) is -0.675. The number of carbonyl (C=O) groups excluding carboxylic acids is 3. The molecule has 0 atom stereocenters. The van der Waals surface area contributed by atoms with Gasteiger partial charge in [-0.3, -0.25) is 23.7 Å². The van der Waals surface area contributed by atoms with Crippen molar-refractivity contribution >= 4 is 40.0 Å². The van der Waals surface area contributed by atoms with Gasteiger partial charge in [0.25, 0.3) is 17.4 Å². The Labute approximate surface area is 223 Å². The first kappa shape index (κ1) is 25.9. The molecular weight excluding hydrogens is 502 g/mol. The largest absolute Gasteiger partial charge is 0.490 e. The van der Waals surface area contributed by atoms with Crippen LogP contribution in [0.3, 0.4) is 0 Å². The van der Waals surface area contributed by atoms with Crippen LogP contribution in [0, 0.1) is 0 Å². The van der Waals surface area contributed by atoms with E-state index in [1.54, 1.807) is 17.0 Å². The number of rotatable bonds is 5. The molecule has 0 radical (unpaired) electrons. The molecule has 11 heteroatoms. The second kappa shape index (κ2) is 10.5. The van der Waals surface area contributed by atoms with Crippen molar-refractivity contribution in [1.82, 2.24) is 19.8 Å². The van der Waals surface area contributed by atoms with Crippen molar-refractivity contribution in [2.24, 2.45) is 0 Å². The van der Waals surface area contributed by atoms with Crippen molar-refractivity contribution in [1.29, 1.82) is 0 Å². The highest BCUT2D eigenvalue weighted by molar-refractivity contribution is 6.15. The first-order valence-corrected chi connectivity index (χ1v) is 12.4. The van der Waals surface area contributed by atoms with Gasteiger partial charge in [-0.2, -0.15) is 0 Å². The summed E-state index contributed by atoms with van der Waals surface area (Å²) in [7, 11) is 0. The highest BCUT2D eigenvalue weighted by atomic mass is 16.5. The average molecular weight is 530 g/mol. The highest BCUT2D eigenvalue weighted by Gasteiger charge is 2.24. The summed E-state index contributed by atoms with van der Waals surface area (Å²) in [6.07, 6.45) is 1.23. The molecule has 0 bridgehead atoms. The molecule has 3 amide bonds. The fraction of sp³-hybridized carbons (Fsp3) is 0.250. The number of ether oxygens (including phenoxy) is 2. The van der Waals surface area contributed by atoms with Crippen LogP contribution in [0.4, 0.5) is 5.69 Å². The maximum absolute atomic E-state index is 13.4. The molecule has 2 aliphatic rings. The van der Waals surface area contributed by atoms with E-state index in [0.717, 1.165) is 10.1 Å². The van der Waals surface area contributed by atoms with Crippen molar-refractivity contribution in [2.45, 2.75) is 6.92 Å². The number of fused-ring (bicyclic) bond motifs is 2. The van der Waals surface area contributed by atoms with Crippen LogP contribution in [-0.2, 0) is 19.1 Å². The standard InChI is InChI=1S/C28H27N5O6/c1-17(27(36)31-9-12-38-13-10-31)30-26(35)18(2)33-16-29-25-21(5-4-6-22(25)28(33)37)20-7-8-23-24(15-20)39-14-11-32(23)19(3)34/h4-8,15-16H,1-2,9-14H2,3H3,(H,30,35). The molecule has 0 aliphatic carbocycles. The van der Waals surface area contributed by atoms with Crippen LogP contribution in [0.15, 0.2) is 66.4 Å². The van der Waals surface area contributed by atoms with Gasteiger partial charge in [0, 0.05) is 25.6 Å². The van der Waals surface area contributed by atoms with Crippen LogP contribution in [0.1, 0.15) is 6.92 Å². The Morgan fingerprint density at radius 3 is 2.54 bits per heavy atom. The molecule has 0 saturated carbocycles. The summed E-state index contributed by atoms with van der Waals surface area (Å²) < 4.78 is 12.1. The quantitative estimate of drug-likeness (QED) is 0.500. The van der Waals surface area contributed by atoms with E-state index in [4.69, 9.17) is 9.47 Å². The number of anilines is 1. The molecule has 1 aromatic heterocycles. The highest BCUT2D eigenvalue weighted by Crippen LogP contribution is 2.37. The van der Waals surface area contributed by atoms with Gasteiger partial charge in [-0.15, -0.1) is 0 Å². The predicted octanol–water partition coefficient (Wildman–Crippen LogP) is 1.77. The van der Waals surface area contributed by atoms with Gasteiger partial charge < -0.3 is 24.6 Å². The van der Waals surface area contributed by atoms with E-state index in [1.807, 2.05) is 24.3 Å². The van der Waals surface area contributed by atoms with Crippen LogP contribution in [-0.4, -0.2) is 71.6 Å². The Morgan fingerprint density at radius 2 is 1.79 bits per heavy atom. The number of carbonyl (C=O) groups is 3. The van der Waals surface area contributed by atoms with Crippen molar-refractivity contribution in [3.63, 3.8) is 0 Å². The lowest BCUT2D eigenvalue weighted by Gasteiger charge is -2.29. The number of nitrogens with zero attached hydrogens (tertiary/aromatic N) is 4. The third-order valence-electron chi connectivity index (χ3n) is 6.68. The summed E-state index contributed by atoms with van der Waals surface area (Å²) in [6.45, 7) is 11.4. The minimum absolute atomic E-state index is 0.0713. The number of aromatic nitrogens is 2. The molecule has 1 fully saturated rings. The Bertz CT molecular complexity index is 1590. The third-order valence-corrected chi connectivity index (χ3v) is 6.68. The molecule has 2 aromatic carbocycles. The van der Waals surface area contributed by atoms with Crippen molar-refractivity contribution in [2.75, 3.05) is 44.4 Å². The zero-order valence-corrected chi connectivity index (χ0v) is 21.4. The molecule has 5 rings (SSSR count). The fourth-order valence-electron chi connectivity index (χ4n) is 4.62. The molecule has 3 heterocycles. The molecule has 0 unspecified atom stereocenters. The van der Waals surface area contributed by atoms with Gasteiger partial charge in [-0.1, -0.05) is 31.4 Å². The van der Waals surface area contributed by atoms with E-state index in [9.17, 15) is 19.2 Å². The minimum Gasteiger partial charge on any atom is -0.490 e. The normalized spacial score (nSPS) is 14.8. The van der Waals surface area contributed by atoms with Gasteiger partial charge in [-0.05, 0) is 23.8 Å². The molecule has 2 aliphatic heterocycles. The number of hydrogen-bond donors (Lipinski definition) is 1. The third kappa shape index (κ3) is 4.91. The topological polar surface area (TPSA) is 123 Å². The Morgan fingerprint density at radius 1 is 1.03 bits per heavy atom. The van der Waals surface area contributed by atoms with Gasteiger partial charge in [0.05, 0.1) is 42.0 Å². The van der Waals surface area contributed by atoms with Crippen molar-refractivity contribution in [3.05, 3.63) is 71.9 Å². The number of hydrogen-bond acceptors (Lipinski definition) is 7. The smallest absolute Gasteiger partial charge is 0.272 e. The van der Waals surface area contributed by atoms with Gasteiger partial charge in [0.1, 0.15) is 24.4 Å². The Hall–Kier alpha value is -4.77. The van der Waals surface area contributed by atoms with Gasteiger partial charge >= 0.3 is 0 Å². The average Bonchev–Trinajstić information content (AvgIpc) is 2.96. The maximum atomic E-state index is 13.4. The number of morpholine rings is 1. The molecule has 1 saturated heterocycles. The van der Waals surface area contributed by atoms with Gasteiger partial charge in [0.2, 0.25) is 5.91 Å². The lowest BCUT2D eigenvalue weighted by Crippen LogP contribution is -2.44. The van der Waals surface area contributed by atoms with E-state index < -0.39 is 17.4 Å². The lowest BCUT2D eigenvalue weighted by atomic mass is 10.0. The van der Waals surface area contributed by atoms with Crippen LogP contribution < -0.4 is 20.5 Å². The van der Waals surface area contributed by atoms with Crippen LogP contribution in [0.5, 0.6) is 5.75 Å². The van der Waals surface area contributed by atoms with Crippen LogP contribution in [0.2, 0.25) is 0 Å². The van der Waals surface area contributed by atoms with Crippen molar-refractivity contribution < 1.29 is 23.9 Å². The van der Waals surface area contributed by atoms with E-state index in [-0.39, 0.29) is 22.7 Å². The van der Waals surface area contributed by atoms with Gasteiger partial charge in [0.15, 0.2) is 0 Å². The summed E-state index contributed by atoms with van der Waals surface area (Å²) in [5.41, 5.74) is 1.73. The lowest BCUT2D eigenvalue weighted by molar-refractivity contribution is -0.132. The minimum atomic E-state index is -0.747. The second-order valence-electron chi connectivity index (χ2n) is 9.11. The van der Waals surface area contributed by atoms with Crippen LogP contribution in [0.25, 0.3) is 27.7 Å². The first-order valence-electron chi connectivity index (χ1n) is 12.4. The summed E-state index contributed by atoms with van der Waals surface area (Å²) in [5, 5.41) is 2.71. The Kier molecular flexibility index (Phi) is 6.99. The summed E-state index contributed by atoms with van der Waals surface area (Å²) >= 11 is 0. The number of benzene rings is 2. The van der Waals surface area contributed by atoms with Crippen LogP contribution >= 0.6 is 0 Å². The molecule has 1 N–H and O–H groups in total. The van der Waals surface area contributed by atoms with E-state index in [1.165, 1.54) is 18.2 Å². The van der Waals surface area contributed by atoms with Gasteiger partial charge in [-0.25, -0.2) is 4.98 Å². The molecular formula is C28H27N5O6. The fourth-order valence-corrected chi connectivity index (χ4v) is 4.62. The monoisotopic (exact) mass is 529 g/mol. The summed E-state index contributed by atoms with van der Waals surface area (Å²) in [4.78, 5) is 58.4. The molecule has 11 nitrogen and oxygen atoms in total. The first-order chi connectivity index (χ1) is 18.8. The number of nitrogens with one attached hydrogen (secondary N) is 1. The zero-order valence-electron chi connectivity index (χ0n) is 21.4. The second-order valence-corrected chi connectivity index (χ2v) is 9.11. The molecule has 3 aromatic rings. The zero-order chi connectivity index (χ0) is 27.7. The summed E-state index contributed by atoms with van der Waals surface area (Å²) in [6, 6.07) is 10.6. The van der Waals surface area contributed by atoms with Crippen molar-refractivity contribution in [3.8, 4) is 16.9 Å². The molecule has 200 valence electrons. The Balaban J connectivity index is 1.41. The maximum Gasteiger partial charge on any atom is 0.272 e. The SMILES string of the molecule is C=C(NC(=O)C(=C)n1cnc2c(-c3ccc4c(c3)OCCN4C(C)=O)cccc2c1=O)C(=O)N1CCOCC1. The number of amides is 3. The van der Waals surface area contributed by atoms with E-state index in [2.05, 4.69) is 23.5 Å². The van der Waals surface area contributed by atoms with E-state index >= 15 is 0 Å². The predicted molar refractivity (Wildman–Crippen MR) is 145 cm³/mol. The number of para-hydroxylation sites is 1. The van der Waals surface area contributed by atoms with E-state index in [0.29, 0.717) is 62.0 Å². The molecule has 39 heavy (non-hydrogen) atoms. The molecule has 0 spiro atoms.